The zero-order valence-corrected chi connectivity index (χ0v) is 15.4. The highest BCUT2D eigenvalue weighted by atomic mass is 19.4. The molecular formula is C21H21F3O4. The van der Waals surface area contributed by atoms with Crippen molar-refractivity contribution in [3.05, 3.63) is 58.7 Å². The minimum absolute atomic E-state index is 0.0184. The van der Waals surface area contributed by atoms with Gasteiger partial charge in [0.2, 0.25) is 0 Å². The third-order valence-electron chi connectivity index (χ3n) is 5.00. The van der Waals surface area contributed by atoms with Crippen molar-refractivity contribution in [1.82, 2.24) is 0 Å². The summed E-state index contributed by atoms with van der Waals surface area (Å²) in [6.07, 6.45) is -0.945. The number of aromatic hydroxyl groups is 1. The lowest BCUT2D eigenvalue weighted by Crippen LogP contribution is -2.12. The summed E-state index contributed by atoms with van der Waals surface area (Å²) in [4.78, 5) is 11.5. The molecule has 0 saturated heterocycles. The SMILES string of the molecule is COC(=O)c1ccc(OCc2ccc(C3CCCC3)c(C(F)(F)F)c2)cc1O. The van der Waals surface area contributed by atoms with Crippen molar-refractivity contribution in [1.29, 1.82) is 0 Å². The van der Waals surface area contributed by atoms with Gasteiger partial charge in [-0.1, -0.05) is 25.0 Å². The number of esters is 1. The Morgan fingerprint density at radius 2 is 1.86 bits per heavy atom. The minimum atomic E-state index is -4.42. The van der Waals surface area contributed by atoms with E-state index in [1.807, 2.05) is 0 Å². The fourth-order valence-corrected chi connectivity index (χ4v) is 3.58. The van der Waals surface area contributed by atoms with Crippen LogP contribution in [0.15, 0.2) is 36.4 Å². The van der Waals surface area contributed by atoms with Gasteiger partial charge >= 0.3 is 12.1 Å². The number of ether oxygens (including phenoxy) is 2. The summed E-state index contributed by atoms with van der Waals surface area (Å²) >= 11 is 0. The molecule has 0 bridgehead atoms. The summed E-state index contributed by atoms with van der Waals surface area (Å²) in [7, 11) is 1.19. The summed E-state index contributed by atoms with van der Waals surface area (Å²) in [6, 6.07) is 8.34. The van der Waals surface area contributed by atoms with Crippen LogP contribution in [-0.2, 0) is 17.5 Å². The van der Waals surface area contributed by atoms with Crippen LogP contribution in [0.5, 0.6) is 11.5 Å². The van der Waals surface area contributed by atoms with Gasteiger partial charge in [-0.2, -0.15) is 13.2 Å². The second-order valence-electron chi connectivity index (χ2n) is 6.86. The highest BCUT2D eigenvalue weighted by molar-refractivity contribution is 5.92. The first-order valence-corrected chi connectivity index (χ1v) is 9.03. The molecule has 1 fully saturated rings. The van der Waals surface area contributed by atoms with E-state index in [4.69, 9.17) is 4.74 Å². The molecule has 0 spiro atoms. The van der Waals surface area contributed by atoms with E-state index in [9.17, 15) is 23.1 Å². The lowest BCUT2D eigenvalue weighted by Gasteiger charge is -2.19. The van der Waals surface area contributed by atoms with Crippen molar-refractivity contribution in [2.75, 3.05) is 7.11 Å². The number of hydrogen-bond donors (Lipinski definition) is 1. The molecule has 28 heavy (non-hydrogen) atoms. The standard InChI is InChI=1S/C21H21F3O4/c1-27-20(26)17-9-7-15(11-19(17)25)28-12-13-6-8-16(14-4-2-3-5-14)18(10-13)21(22,23)24/h6-11,14,25H,2-5,12H2,1H3. The fourth-order valence-electron chi connectivity index (χ4n) is 3.58. The van der Waals surface area contributed by atoms with Crippen LogP contribution < -0.4 is 4.74 Å². The molecule has 150 valence electrons. The average molecular weight is 394 g/mol. The predicted molar refractivity (Wildman–Crippen MR) is 96.4 cm³/mol. The number of benzene rings is 2. The molecule has 0 heterocycles. The van der Waals surface area contributed by atoms with Crippen LogP contribution in [0.4, 0.5) is 13.2 Å². The van der Waals surface area contributed by atoms with Crippen molar-refractivity contribution in [3.63, 3.8) is 0 Å². The fraction of sp³-hybridized carbons (Fsp3) is 0.381. The zero-order chi connectivity index (χ0) is 20.3. The number of halogens is 3. The molecule has 4 nitrogen and oxygen atoms in total. The van der Waals surface area contributed by atoms with Gasteiger partial charge < -0.3 is 14.6 Å². The maximum Gasteiger partial charge on any atom is 0.416 e. The summed E-state index contributed by atoms with van der Waals surface area (Å²) < 4.78 is 50.6. The van der Waals surface area contributed by atoms with E-state index in [1.165, 1.54) is 25.3 Å². The Morgan fingerprint density at radius 3 is 2.46 bits per heavy atom. The van der Waals surface area contributed by atoms with E-state index < -0.39 is 17.7 Å². The van der Waals surface area contributed by atoms with Crippen LogP contribution in [0.3, 0.4) is 0 Å². The summed E-state index contributed by atoms with van der Waals surface area (Å²) in [5.41, 5.74) is 0.110. The van der Waals surface area contributed by atoms with E-state index in [2.05, 4.69) is 4.74 Å². The first kappa shape index (κ1) is 20.0. The van der Waals surface area contributed by atoms with Crippen LogP contribution in [0.1, 0.15) is 58.6 Å². The van der Waals surface area contributed by atoms with Gasteiger partial charge in [-0.05, 0) is 48.1 Å². The molecular weight excluding hydrogens is 373 g/mol. The number of carbonyl (C=O) groups excluding carboxylic acids is 1. The lowest BCUT2D eigenvalue weighted by atomic mass is 9.91. The number of hydrogen-bond acceptors (Lipinski definition) is 4. The van der Waals surface area contributed by atoms with Gasteiger partial charge in [-0.25, -0.2) is 4.79 Å². The third-order valence-corrected chi connectivity index (χ3v) is 5.00. The highest BCUT2D eigenvalue weighted by Crippen LogP contribution is 2.42. The summed E-state index contributed by atoms with van der Waals surface area (Å²) in [5.74, 6) is -0.828. The number of rotatable bonds is 5. The van der Waals surface area contributed by atoms with Crippen molar-refractivity contribution in [2.24, 2.45) is 0 Å². The maximum absolute atomic E-state index is 13.5. The van der Waals surface area contributed by atoms with Gasteiger partial charge in [-0.3, -0.25) is 0 Å². The highest BCUT2D eigenvalue weighted by Gasteiger charge is 2.36. The molecule has 1 aliphatic rings. The number of alkyl halides is 3. The Bertz CT molecular complexity index is 855. The molecule has 1 N–H and O–H groups in total. The first-order chi connectivity index (χ1) is 13.3. The molecule has 0 atom stereocenters. The summed E-state index contributed by atoms with van der Waals surface area (Å²) in [5, 5.41) is 9.87. The second kappa shape index (κ2) is 8.12. The van der Waals surface area contributed by atoms with Gasteiger partial charge in [0.1, 0.15) is 23.7 Å². The van der Waals surface area contributed by atoms with E-state index in [1.54, 1.807) is 12.1 Å². The largest absolute Gasteiger partial charge is 0.507 e. The average Bonchev–Trinajstić information content (AvgIpc) is 3.19. The van der Waals surface area contributed by atoms with E-state index in [-0.39, 0.29) is 29.6 Å². The zero-order valence-electron chi connectivity index (χ0n) is 15.4. The number of phenols is 1. The Kier molecular flexibility index (Phi) is 5.82. The first-order valence-electron chi connectivity index (χ1n) is 9.03. The molecule has 0 amide bonds. The van der Waals surface area contributed by atoms with Crippen LogP contribution >= 0.6 is 0 Å². The third kappa shape index (κ3) is 4.40. The number of carbonyl (C=O) groups is 1. The molecule has 1 aliphatic carbocycles. The Hall–Kier alpha value is -2.70. The normalized spacial score (nSPS) is 14.9. The number of phenolic OH excluding ortho intramolecular Hbond substituents is 1. The second-order valence-corrected chi connectivity index (χ2v) is 6.86. The minimum Gasteiger partial charge on any atom is -0.507 e. The molecule has 0 unspecified atom stereocenters. The van der Waals surface area contributed by atoms with Crippen LogP contribution in [-0.4, -0.2) is 18.2 Å². The Balaban J connectivity index is 1.77. The molecule has 0 aromatic heterocycles. The molecule has 1 saturated carbocycles. The molecule has 2 aromatic carbocycles. The van der Waals surface area contributed by atoms with Crippen LogP contribution in [0, 0.1) is 0 Å². The van der Waals surface area contributed by atoms with Gasteiger partial charge in [0, 0.05) is 6.07 Å². The van der Waals surface area contributed by atoms with Gasteiger partial charge in [0.25, 0.3) is 0 Å². The summed E-state index contributed by atoms with van der Waals surface area (Å²) in [6.45, 7) is -0.0922. The van der Waals surface area contributed by atoms with Crippen LogP contribution in [0.25, 0.3) is 0 Å². The lowest BCUT2D eigenvalue weighted by molar-refractivity contribution is -0.138. The topological polar surface area (TPSA) is 55.8 Å². The predicted octanol–water partition coefficient (Wildman–Crippen LogP) is 5.43. The molecule has 7 heteroatoms. The Morgan fingerprint density at radius 1 is 1.14 bits per heavy atom. The molecule has 2 aromatic rings. The van der Waals surface area contributed by atoms with Gasteiger partial charge in [0.05, 0.1) is 12.7 Å². The van der Waals surface area contributed by atoms with Crippen LogP contribution in [0.2, 0.25) is 0 Å². The van der Waals surface area contributed by atoms with Gasteiger partial charge in [0.15, 0.2) is 0 Å². The van der Waals surface area contributed by atoms with E-state index in [0.29, 0.717) is 11.1 Å². The molecule has 0 radical (unpaired) electrons. The van der Waals surface area contributed by atoms with Crippen molar-refractivity contribution in [2.45, 2.75) is 44.4 Å². The van der Waals surface area contributed by atoms with Gasteiger partial charge in [-0.15, -0.1) is 0 Å². The quantitative estimate of drug-likeness (QED) is 0.687. The molecule has 3 rings (SSSR count). The van der Waals surface area contributed by atoms with Crippen molar-refractivity contribution >= 4 is 5.97 Å². The number of methoxy groups -OCH3 is 1. The van der Waals surface area contributed by atoms with Crippen molar-refractivity contribution < 1.29 is 32.5 Å². The van der Waals surface area contributed by atoms with E-state index >= 15 is 0 Å². The maximum atomic E-state index is 13.5. The van der Waals surface area contributed by atoms with Crippen molar-refractivity contribution in [3.8, 4) is 11.5 Å². The molecule has 0 aliphatic heterocycles. The monoisotopic (exact) mass is 394 g/mol. The Labute approximate surface area is 160 Å². The van der Waals surface area contributed by atoms with E-state index in [0.717, 1.165) is 31.7 Å². The smallest absolute Gasteiger partial charge is 0.416 e.